The number of hydrogen-bond donors (Lipinski definition) is 1. The number of aliphatic hydroxyl groups is 1. The van der Waals surface area contributed by atoms with Crippen LogP contribution in [0.15, 0.2) is 12.2 Å². The van der Waals surface area contributed by atoms with Crippen molar-refractivity contribution in [2.75, 3.05) is 6.61 Å². The van der Waals surface area contributed by atoms with Gasteiger partial charge in [0.15, 0.2) is 41.6 Å². The predicted octanol–water partition coefficient (Wildman–Crippen LogP) is 0.227. The zero-order chi connectivity index (χ0) is 17.3. The molecule has 24 heavy (non-hydrogen) atoms. The zero-order valence-electron chi connectivity index (χ0n) is 14.1. The Hall–Kier alpha value is -0.870. The number of ether oxygens (including phenoxy) is 6. The molecule has 0 aromatic carbocycles. The monoisotopic (exact) mass is 342 g/mol. The minimum absolute atomic E-state index is 0.235. The van der Waals surface area contributed by atoms with E-state index in [4.69, 9.17) is 28.4 Å². The molecule has 4 aliphatic rings. The van der Waals surface area contributed by atoms with Crippen molar-refractivity contribution in [2.45, 2.75) is 75.8 Å². The van der Waals surface area contributed by atoms with Gasteiger partial charge in [0.1, 0.15) is 12.2 Å². The van der Waals surface area contributed by atoms with Crippen molar-refractivity contribution in [3.05, 3.63) is 12.2 Å². The van der Waals surface area contributed by atoms with Crippen molar-refractivity contribution >= 4 is 5.78 Å². The second kappa shape index (κ2) is 5.07. The van der Waals surface area contributed by atoms with Crippen LogP contribution in [0.5, 0.6) is 0 Å². The molecule has 1 N–H and O–H groups in total. The Labute approximate surface area is 139 Å². The van der Waals surface area contributed by atoms with Gasteiger partial charge in [-0.3, -0.25) is 4.79 Å². The summed E-state index contributed by atoms with van der Waals surface area (Å²) in [7, 11) is 0. The molecule has 4 rings (SSSR count). The molecule has 134 valence electrons. The maximum Gasteiger partial charge on any atom is 0.193 e. The number of hydrogen-bond acceptors (Lipinski definition) is 8. The summed E-state index contributed by atoms with van der Waals surface area (Å²) in [5, 5.41) is 9.98. The third kappa shape index (κ3) is 2.37. The first-order chi connectivity index (χ1) is 11.1. The normalized spacial score (nSPS) is 49.0. The third-order valence-corrected chi connectivity index (χ3v) is 4.67. The average Bonchev–Trinajstić information content (AvgIpc) is 3.05. The molecule has 0 amide bonds. The van der Waals surface area contributed by atoms with Gasteiger partial charge in [0, 0.05) is 0 Å². The summed E-state index contributed by atoms with van der Waals surface area (Å²) < 4.78 is 34.8. The van der Waals surface area contributed by atoms with E-state index in [-0.39, 0.29) is 12.4 Å². The van der Waals surface area contributed by atoms with Gasteiger partial charge in [-0.05, 0) is 39.8 Å². The summed E-state index contributed by atoms with van der Waals surface area (Å²) in [6.45, 7) is 7.26. The van der Waals surface area contributed by atoms with E-state index in [2.05, 4.69) is 0 Å². The standard InChI is InChI=1S/C16H22O8/c1-14(2)19-7-8(21-14)11-16(9(17)5-6-10(18)22-16)12-13(20-11)24-15(3,4)23-12/h5-6,8,10-13,18H,7H2,1-4H3/t8-,10?,11+,12-,13+,16+/m0/s1. The van der Waals surface area contributed by atoms with E-state index < -0.39 is 48.1 Å². The van der Waals surface area contributed by atoms with Gasteiger partial charge in [-0.25, -0.2) is 0 Å². The van der Waals surface area contributed by atoms with Crippen LogP contribution >= 0.6 is 0 Å². The number of carbonyl (C=O) groups excluding carboxylic acids is 1. The van der Waals surface area contributed by atoms with Gasteiger partial charge < -0.3 is 33.5 Å². The second-order valence-corrected chi connectivity index (χ2v) is 7.37. The van der Waals surface area contributed by atoms with E-state index in [0.29, 0.717) is 0 Å². The molecule has 4 aliphatic heterocycles. The summed E-state index contributed by atoms with van der Waals surface area (Å²) in [4.78, 5) is 12.8. The Bertz CT molecular complexity index is 585. The van der Waals surface area contributed by atoms with E-state index >= 15 is 0 Å². The van der Waals surface area contributed by atoms with Crippen molar-refractivity contribution in [1.29, 1.82) is 0 Å². The van der Waals surface area contributed by atoms with Crippen molar-refractivity contribution in [3.8, 4) is 0 Å². The SMILES string of the molecule is CC1(C)OC[C@@H]([C@H]2O[C@@H]3OC(C)(C)O[C@@H]3[C@]23OC(O)C=CC3=O)O1. The summed E-state index contributed by atoms with van der Waals surface area (Å²) >= 11 is 0. The Morgan fingerprint density at radius 1 is 1.04 bits per heavy atom. The highest BCUT2D eigenvalue weighted by molar-refractivity contribution is 5.99. The minimum atomic E-state index is -1.54. The first-order valence-corrected chi connectivity index (χ1v) is 8.04. The van der Waals surface area contributed by atoms with Crippen molar-refractivity contribution in [2.24, 2.45) is 0 Å². The summed E-state index contributed by atoms with van der Waals surface area (Å²) in [6.07, 6.45) is -1.63. The molecule has 0 aromatic heterocycles. The molecule has 0 saturated carbocycles. The lowest BCUT2D eigenvalue weighted by molar-refractivity contribution is -0.268. The Balaban J connectivity index is 1.72. The van der Waals surface area contributed by atoms with Crippen molar-refractivity contribution in [3.63, 3.8) is 0 Å². The number of rotatable bonds is 1. The maximum absolute atomic E-state index is 12.8. The fraction of sp³-hybridized carbons (Fsp3) is 0.812. The van der Waals surface area contributed by atoms with Crippen LogP contribution in [-0.2, 0) is 33.2 Å². The Morgan fingerprint density at radius 2 is 1.79 bits per heavy atom. The molecule has 3 saturated heterocycles. The number of ketones is 1. The highest BCUT2D eigenvalue weighted by atomic mass is 16.9. The highest BCUT2D eigenvalue weighted by Crippen LogP contribution is 2.49. The topological polar surface area (TPSA) is 92.7 Å². The molecule has 0 aromatic rings. The second-order valence-electron chi connectivity index (χ2n) is 7.37. The lowest BCUT2D eigenvalue weighted by Crippen LogP contribution is -2.62. The van der Waals surface area contributed by atoms with E-state index in [1.54, 1.807) is 27.7 Å². The van der Waals surface area contributed by atoms with Gasteiger partial charge in [0.2, 0.25) is 0 Å². The molecule has 8 nitrogen and oxygen atoms in total. The quantitative estimate of drug-likeness (QED) is 0.724. The first kappa shape index (κ1) is 16.6. The Kier molecular flexibility index (Phi) is 3.51. The number of aliphatic hydroxyl groups excluding tert-OH is 1. The summed E-state index contributed by atoms with van der Waals surface area (Å²) in [5.74, 6) is -2.06. The molecular formula is C16H22O8. The van der Waals surface area contributed by atoms with Gasteiger partial charge in [0.05, 0.1) is 6.61 Å². The van der Waals surface area contributed by atoms with Crippen molar-refractivity contribution < 1.29 is 38.3 Å². The molecular weight excluding hydrogens is 320 g/mol. The average molecular weight is 342 g/mol. The number of fused-ring (bicyclic) bond motifs is 2. The fourth-order valence-electron chi connectivity index (χ4n) is 3.77. The lowest BCUT2D eigenvalue weighted by Gasteiger charge is -2.40. The molecule has 6 atom stereocenters. The molecule has 1 unspecified atom stereocenters. The van der Waals surface area contributed by atoms with Gasteiger partial charge >= 0.3 is 0 Å². The van der Waals surface area contributed by atoms with Crippen LogP contribution in [0, 0.1) is 0 Å². The van der Waals surface area contributed by atoms with Gasteiger partial charge in [-0.15, -0.1) is 0 Å². The minimum Gasteiger partial charge on any atom is -0.365 e. The molecule has 8 heteroatoms. The van der Waals surface area contributed by atoms with Gasteiger partial charge in [-0.1, -0.05) is 0 Å². The first-order valence-electron chi connectivity index (χ1n) is 8.04. The third-order valence-electron chi connectivity index (χ3n) is 4.67. The van der Waals surface area contributed by atoms with Crippen LogP contribution in [0.2, 0.25) is 0 Å². The van der Waals surface area contributed by atoms with Gasteiger partial charge in [-0.2, -0.15) is 0 Å². The van der Waals surface area contributed by atoms with Crippen LogP contribution in [0.25, 0.3) is 0 Å². The molecule has 3 fully saturated rings. The smallest absolute Gasteiger partial charge is 0.193 e. The molecule has 0 radical (unpaired) electrons. The molecule has 1 spiro atoms. The van der Waals surface area contributed by atoms with Crippen LogP contribution < -0.4 is 0 Å². The van der Waals surface area contributed by atoms with Crippen LogP contribution in [0.1, 0.15) is 27.7 Å². The van der Waals surface area contributed by atoms with Crippen LogP contribution in [-0.4, -0.2) is 65.6 Å². The summed E-state index contributed by atoms with van der Waals surface area (Å²) in [5.41, 5.74) is -1.54. The lowest BCUT2D eigenvalue weighted by atomic mass is 9.83. The highest BCUT2D eigenvalue weighted by Gasteiger charge is 2.71. The fourth-order valence-corrected chi connectivity index (χ4v) is 3.77. The van der Waals surface area contributed by atoms with Crippen LogP contribution in [0.4, 0.5) is 0 Å². The Morgan fingerprint density at radius 3 is 2.46 bits per heavy atom. The maximum atomic E-state index is 12.8. The van der Waals surface area contributed by atoms with E-state index in [1.807, 2.05) is 0 Å². The largest absolute Gasteiger partial charge is 0.365 e. The van der Waals surface area contributed by atoms with Crippen LogP contribution in [0.3, 0.4) is 0 Å². The zero-order valence-corrected chi connectivity index (χ0v) is 14.1. The van der Waals surface area contributed by atoms with E-state index in [9.17, 15) is 9.90 Å². The molecule has 0 aliphatic carbocycles. The van der Waals surface area contributed by atoms with Crippen molar-refractivity contribution in [1.82, 2.24) is 0 Å². The molecule has 0 bridgehead atoms. The predicted molar refractivity (Wildman–Crippen MR) is 77.6 cm³/mol. The molecule has 4 heterocycles. The van der Waals surface area contributed by atoms with E-state index in [1.165, 1.54) is 12.2 Å². The summed E-state index contributed by atoms with van der Waals surface area (Å²) in [6, 6.07) is 0. The van der Waals surface area contributed by atoms with E-state index in [0.717, 1.165) is 0 Å². The number of carbonyl (C=O) groups is 1. The van der Waals surface area contributed by atoms with Gasteiger partial charge in [0.25, 0.3) is 0 Å².